The molecule has 0 radical (unpaired) electrons. The summed E-state index contributed by atoms with van der Waals surface area (Å²) in [6.07, 6.45) is 9.29. The number of hydrogen-bond acceptors (Lipinski definition) is 2. The second kappa shape index (κ2) is 3.35. The summed E-state index contributed by atoms with van der Waals surface area (Å²) in [6, 6.07) is 0. The van der Waals surface area contributed by atoms with E-state index in [0.717, 1.165) is 0 Å². The van der Waals surface area contributed by atoms with Gasteiger partial charge < -0.3 is 5.11 Å². The van der Waals surface area contributed by atoms with Crippen LogP contribution in [0.15, 0.2) is 24.3 Å². The Morgan fingerprint density at radius 2 is 2.25 bits per heavy atom. The van der Waals surface area contributed by atoms with Crippen molar-refractivity contribution in [3.8, 4) is 0 Å². The fraction of sp³-hybridized carbons (Fsp3) is 0.444. The largest absolute Gasteiger partial charge is 0.481 e. The minimum atomic E-state index is -0.757. The molecule has 0 spiro atoms. The van der Waals surface area contributed by atoms with Crippen molar-refractivity contribution < 1.29 is 9.90 Å². The number of carboxylic acid groups (broad SMARTS) is 1. The first kappa shape index (κ1) is 9.39. The van der Waals surface area contributed by atoms with Crippen molar-refractivity contribution in [1.82, 2.24) is 0 Å². The maximum Gasteiger partial charge on any atom is 0.312 e. The number of rotatable bonds is 2. The molecule has 0 saturated carbocycles. The summed E-state index contributed by atoms with van der Waals surface area (Å²) < 4.78 is -0.291. The van der Waals surface area contributed by atoms with Crippen LogP contribution in [0.5, 0.6) is 0 Å². The maximum atomic E-state index is 10.8. The van der Waals surface area contributed by atoms with Crippen molar-refractivity contribution >= 4 is 17.7 Å². The van der Waals surface area contributed by atoms with Gasteiger partial charge in [-0.25, -0.2) is 0 Å². The lowest BCUT2D eigenvalue weighted by Crippen LogP contribution is -2.34. The number of carbonyl (C=O) groups is 1. The van der Waals surface area contributed by atoms with Gasteiger partial charge in [-0.2, -0.15) is 11.8 Å². The lowest BCUT2D eigenvalue weighted by atomic mass is 9.89. The molecule has 2 unspecified atom stereocenters. The molecule has 0 heterocycles. The molecule has 1 N–H and O–H groups in total. The highest BCUT2D eigenvalue weighted by atomic mass is 32.2. The van der Waals surface area contributed by atoms with Gasteiger partial charge in [0.1, 0.15) is 0 Å². The van der Waals surface area contributed by atoms with Crippen molar-refractivity contribution in [3.63, 3.8) is 0 Å². The average Bonchev–Trinajstić information content (AvgIpc) is 2.05. The van der Waals surface area contributed by atoms with Crippen LogP contribution in [0.25, 0.3) is 0 Å². The Morgan fingerprint density at radius 3 is 2.67 bits per heavy atom. The van der Waals surface area contributed by atoms with E-state index in [1.165, 1.54) is 0 Å². The highest BCUT2D eigenvalue weighted by molar-refractivity contribution is 8.00. The van der Waals surface area contributed by atoms with Gasteiger partial charge in [-0.05, 0) is 13.2 Å². The van der Waals surface area contributed by atoms with Crippen LogP contribution in [0.2, 0.25) is 0 Å². The molecular formula is C9H12O2S. The van der Waals surface area contributed by atoms with E-state index in [-0.39, 0.29) is 4.75 Å². The topological polar surface area (TPSA) is 37.3 Å². The second-order valence-corrected chi connectivity index (χ2v) is 4.24. The Morgan fingerprint density at radius 1 is 1.58 bits per heavy atom. The highest BCUT2D eigenvalue weighted by Crippen LogP contribution is 2.35. The van der Waals surface area contributed by atoms with E-state index in [9.17, 15) is 4.79 Å². The van der Waals surface area contributed by atoms with Crippen molar-refractivity contribution in [2.75, 3.05) is 6.26 Å². The number of allylic oxidation sites excluding steroid dienone is 2. The van der Waals surface area contributed by atoms with Crippen LogP contribution in [0.3, 0.4) is 0 Å². The number of aliphatic carboxylic acids is 1. The summed E-state index contributed by atoms with van der Waals surface area (Å²) in [5.74, 6) is -1.16. The van der Waals surface area contributed by atoms with Crippen LogP contribution >= 0.6 is 11.8 Å². The van der Waals surface area contributed by atoms with E-state index < -0.39 is 11.9 Å². The Kier molecular flexibility index (Phi) is 2.62. The summed E-state index contributed by atoms with van der Waals surface area (Å²) in [4.78, 5) is 10.8. The third-order valence-electron chi connectivity index (χ3n) is 2.17. The Hall–Kier alpha value is -0.700. The van der Waals surface area contributed by atoms with E-state index in [4.69, 9.17) is 5.11 Å². The molecule has 0 saturated heterocycles. The molecule has 0 amide bonds. The predicted molar refractivity (Wildman–Crippen MR) is 51.3 cm³/mol. The normalized spacial score (nSPS) is 33.7. The van der Waals surface area contributed by atoms with Crippen molar-refractivity contribution in [3.05, 3.63) is 24.3 Å². The van der Waals surface area contributed by atoms with Crippen LogP contribution < -0.4 is 0 Å². The van der Waals surface area contributed by atoms with Gasteiger partial charge in [0.05, 0.1) is 5.92 Å². The molecule has 0 aromatic heterocycles. The lowest BCUT2D eigenvalue weighted by molar-refractivity contribution is -0.140. The fourth-order valence-electron chi connectivity index (χ4n) is 1.24. The zero-order valence-corrected chi connectivity index (χ0v) is 7.97. The smallest absolute Gasteiger partial charge is 0.312 e. The summed E-state index contributed by atoms with van der Waals surface area (Å²) >= 11 is 1.57. The molecule has 2 nitrogen and oxygen atoms in total. The predicted octanol–water partition coefficient (Wildman–Crippen LogP) is 1.93. The van der Waals surface area contributed by atoms with Gasteiger partial charge in [0.25, 0.3) is 0 Å². The van der Waals surface area contributed by atoms with Gasteiger partial charge in [-0.3, -0.25) is 4.79 Å². The SMILES string of the molecule is CSC1(C)C=CC=CC1C(=O)O. The molecule has 3 heteroatoms. The Balaban J connectivity index is 2.92. The average molecular weight is 184 g/mol. The van der Waals surface area contributed by atoms with Gasteiger partial charge in [0.15, 0.2) is 0 Å². The van der Waals surface area contributed by atoms with Crippen LogP contribution in [-0.4, -0.2) is 22.1 Å². The summed E-state index contributed by atoms with van der Waals surface area (Å²) in [7, 11) is 0. The quantitative estimate of drug-likeness (QED) is 0.712. The van der Waals surface area contributed by atoms with E-state index in [0.29, 0.717) is 0 Å². The zero-order valence-electron chi connectivity index (χ0n) is 7.15. The zero-order chi connectivity index (χ0) is 9.19. The molecule has 66 valence electrons. The lowest BCUT2D eigenvalue weighted by Gasteiger charge is -2.30. The summed E-state index contributed by atoms with van der Waals surface area (Å²) in [5.41, 5.74) is 0. The minimum absolute atomic E-state index is 0.291. The summed E-state index contributed by atoms with van der Waals surface area (Å²) in [6.45, 7) is 1.94. The number of thioether (sulfide) groups is 1. The highest BCUT2D eigenvalue weighted by Gasteiger charge is 2.35. The Labute approximate surface area is 76.4 Å². The molecule has 2 atom stereocenters. The molecule has 0 bridgehead atoms. The van der Waals surface area contributed by atoms with Crippen molar-refractivity contribution in [2.24, 2.45) is 5.92 Å². The van der Waals surface area contributed by atoms with Crippen molar-refractivity contribution in [1.29, 1.82) is 0 Å². The van der Waals surface area contributed by atoms with E-state index in [1.54, 1.807) is 23.9 Å². The standard InChI is InChI=1S/C9H12O2S/c1-9(12-2)6-4-3-5-7(9)8(10)11/h3-7H,1-2H3,(H,10,11). The third-order valence-corrected chi connectivity index (χ3v) is 3.43. The Bertz CT molecular complexity index is 245. The maximum absolute atomic E-state index is 10.8. The van der Waals surface area contributed by atoms with Gasteiger partial charge in [0.2, 0.25) is 0 Å². The minimum Gasteiger partial charge on any atom is -0.481 e. The second-order valence-electron chi connectivity index (χ2n) is 2.95. The van der Waals surface area contributed by atoms with Gasteiger partial charge in [-0.1, -0.05) is 24.3 Å². The van der Waals surface area contributed by atoms with E-state index in [1.807, 2.05) is 25.3 Å². The molecule has 12 heavy (non-hydrogen) atoms. The molecule has 0 fully saturated rings. The van der Waals surface area contributed by atoms with Crippen LogP contribution in [0.4, 0.5) is 0 Å². The monoisotopic (exact) mass is 184 g/mol. The summed E-state index contributed by atoms with van der Waals surface area (Å²) in [5, 5.41) is 8.91. The molecule has 1 aliphatic carbocycles. The van der Waals surface area contributed by atoms with Crippen LogP contribution in [0.1, 0.15) is 6.92 Å². The van der Waals surface area contributed by atoms with Gasteiger partial charge in [0, 0.05) is 4.75 Å². The van der Waals surface area contributed by atoms with Crippen LogP contribution in [-0.2, 0) is 4.79 Å². The van der Waals surface area contributed by atoms with Crippen molar-refractivity contribution in [2.45, 2.75) is 11.7 Å². The fourth-order valence-corrected chi connectivity index (χ4v) is 1.89. The first-order chi connectivity index (χ1) is 5.60. The molecule has 1 rings (SSSR count). The van der Waals surface area contributed by atoms with E-state index >= 15 is 0 Å². The number of carboxylic acids is 1. The van der Waals surface area contributed by atoms with Gasteiger partial charge >= 0.3 is 5.97 Å². The molecular weight excluding hydrogens is 172 g/mol. The molecule has 0 aromatic rings. The van der Waals surface area contributed by atoms with E-state index in [2.05, 4.69) is 0 Å². The first-order valence-electron chi connectivity index (χ1n) is 3.74. The third kappa shape index (κ3) is 1.55. The number of hydrogen-bond donors (Lipinski definition) is 1. The molecule has 0 aromatic carbocycles. The molecule has 0 aliphatic heterocycles. The molecule has 1 aliphatic rings. The van der Waals surface area contributed by atoms with Gasteiger partial charge in [-0.15, -0.1) is 0 Å². The first-order valence-corrected chi connectivity index (χ1v) is 4.96. The van der Waals surface area contributed by atoms with Crippen LogP contribution in [0, 0.1) is 5.92 Å².